The molecule has 1 unspecified atom stereocenters. The number of benzene rings is 1. The number of halogens is 1. The van der Waals surface area contributed by atoms with Crippen LogP contribution in [0.5, 0.6) is 0 Å². The van der Waals surface area contributed by atoms with Crippen molar-refractivity contribution in [3.8, 4) is 0 Å². The number of rotatable bonds is 2. The van der Waals surface area contributed by atoms with E-state index >= 15 is 0 Å². The normalized spacial score (nSPS) is 17.4. The molecule has 3 nitrogen and oxygen atoms in total. The fraction of sp³-hybridized carbons (Fsp3) is 0.375. The molecule has 3 rings (SSSR count). The Morgan fingerprint density at radius 3 is 3.00 bits per heavy atom. The topological polar surface area (TPSA) is 42.0 Å². The lowest BCUT2D eigenvalue weighted by Crippen LogP contribution is -2.27. The zero-order valence-corrected chi connectivity index (χ0v) is 14.5. The van der Waals surface area contributed by atoms with Crippen LogP contribution in [-0.2, 0) is 17.6 Å². The smallest absolute Gasteiger partial charge is 0.227 e. The molecule has 1 heterocycles. The fourth-order valence-corrected chi connectivity index (χ4v) is 4.34. The van der Waals surface area contributed by atoms with Gasteiger partial charge in [0.25, 0.3) is 0 Å². The summed E-state index contributed by atoms with van der Waals surface area (Å²) in [6, 6.07) is 5.97. The third-order valence-corrected chi connectivity index (χ3v) is 5.49. The van der Waals surface area contributed by atoms with Gasteiger partial charge in [-0.2, -0.15) is 0 Å². The molecule has 1 amide bonds. The zero-order chi connectivity index (χ0) is 15.0. The molecule has 0 saturated heterocycles. The van der Waals surface area contributed by atoms with Gasteiger partial charge in [0.15, 0.2) is 0 Å². The van der Waals surface area contributed by atoms with Crippen molar-refractivity contribution in [2.75, 3.05) is 5.32 Å². The van der Waals surface area contributed by atoms with Crippen LogP contribution in [0.25, 0.3) is 0 Å². The van der Waals surface area contributed by atoms with Gasteiger partial charge < -0.3 is 5.32 Å². The molecule has 1 aromatic carbocycles. The molecule has 2 aromatic rings. The minimum Gasteiger partial charge on any atom is -0.325 e. The van der Waals surface area contributed by atoms with E-state index in [9.17, 15) is 4.79 Å². The number of nitrogens with zero attached hydrogens (tertiary/aromatic N) is 1. The third kappa shape index (κ3) is 3.19. The maximum Gasteiger partial charge on any atom is 0.227 e. The fourth-order valence-electron chi connectivity index (χ4n) is 2.68. The SMILES string of the molecule is Cc1ccc(NC(=O)C2CCc3nc(C)sc3C2)c(Br)c1. The van der Waals surface area contributed by atoms with Crippen molar-refractivity contribution >= 4 is 38.9 Å². The van der Waals surface area contributed by atoms with Gasteiger partial charge in [-0.15, -0.1) is 11.3 Å². The van der Waals surface area contributed by atoms with E-state index < -0.39 is 0 Å². The van der Waals surface area contributed by atoms with Gasteiger partial charge in [-0.25, -0.2) is 4.98 Å². The van der Waals surface area contributed by atoms with Crippen LogP contribution in [0, 0.1) is 19.8 Å². The van der Waals surface area contributed by atoms with Gasteiger partial charge in [-0.3, -0.25) is 4.79 Å². The van der Waals surface area contributed by atoms with E-state index in [1.165, 1.54) is 16.1 Å². The first kappa shape index (κ1) is 14.7. The minimum absolute atomic E-state index is 0.0468. The van der Waals surface area contributed by atoms with E-state index in [0.717, 1.165) is 34.4 Å². The number of nitrogens with one attached hydrogen (secondary N) is 1. The molecule has 0 saturated carbocycles. The summed E-state index contributed by atoms with van der Waals surface area (Å²) in [5.74, 6) is 0.154. The number of hydrogen-bond donors (Lipinski definition) is 1. The van der Waals surface area contributed by atoms with Crippen molar-refractivity contribution in [3.05, 3.63) is 43.8 Å². The average Bonchev–Trinajstić information content (AvgIpc) is 2.80. The second-order valence-electron chi connectivity index (χ2n) is 5.52. The predicted octanol–water partition coefficient (Wildman–Crippen LogP) is 4.27. The molecule has 0 bridgehead atoms. The molecule has 0 spiro atoms. The van der Waals surface area contributed by atoms with Crippen LogP contribution in [0.1, 0.15) is 27.6 Å². The number of carbonyl (C=O) groups excluding carboxylic acids is 1. The van der Waals surface area contributed by atoms with Crippen molar-refractivity contribution in [2.24, 2.45) is 5.92 Å². The maximum absolute atomic E-state index is 12.5. The van der Waals surface area contributed by atoms with Gasteiger partial charge in [-0.05, 0) is 66.7 Å². The number of aromatic nitrogens is 1. The van der Waals surface area contributed by atoms with E-state index in [-0.39, 0.29) is 11.8 Å². The first-order chi connectivity index (χ1) is 10.0. The Balaban J connectivity index is 1.72. The zero-order valence-electron chi connectivity index (χ0n) is 12.1. The summed E-state index contributed by atoms with van der Waals surface area (Å²) >= 11 is 5.23. The summed E-state index contributed by atoms with van der Waals surface area (Å²) in [7, 11) is 0. The highest BCUT2D eigenvalue weighted by atomic mass is 79.9. The molecular weight excluding hydrogens is 348 g/mol. The number of fused-ring (bicyclic) bond motifs is 1. The van der Waals surface area contributed by atoms with E-state index in [1.54, 1.807) is 11.3 Å². The standard InChI is InChI=1S/C16H17BrN2OS/c1-9-3-5-13(12(17)7-9)19-16(20)11-4-6-14-15(8-11)21-10(2)18-14/h3,5,7,11H,4,6,8H2,1-2H3,(H,19,20). The molecule has 1 aliphatic carbocycles. The molecule has 5 heteroatoms. The average molecular weight is 365 g/mol. The largest absolute Gasteiger partial charge is 0.325 e. The van der Waals surface area contributed by atoms with Crippen LogP contribution in [0.2, 0.25) is 0 Å². The molecule has 0 radical (unpaired) electrons. The monoisotopic (exact) mass is 364 g/mol. The second-order valence-corrected chi connectivity index (χ2v) is 7.66. The van der Waals surface area contributed by atoms with Gasteiger partial charge in [-0.1, -0.05) is 6.07 Å². The van der Waals surface area contributed by atoms with Crippen molar-refractivity contribution in [3.63, 3.8) is 0 Å². The van der Waals surface area contributed by atoms with Crippen LogP contribution in [0.4, 0.5) is 5.69 Å². The lowest BCUT2D eigenvalue weighted by molar-refractivity contribution is -0.120. The summed E-state index contributed by atoms with van der Waals surface area (Å²) in [4.78, 5) is 18.3. The highest BCUT2D eigenvalue weighted by Crippen LogP contribution is 2.31. The first-order valence-electron chi connectivity index (χ1n) is 7.05. The van der Waals surface area contributed by atoms with Gasteiger partial charge in [0.1, 0.15) is 0 Å². The van der Waals surface area contributed by atoms with Crippen molar-refractivity contribution in [1.29, 1.82) is 0 Å². The summed E-state index contributed by atoms with van der Waals surface area (Å²) in [6.07, 6.45) is 2.61. The Morgan fingerprint density at radius 1 is 1.43 bits per heavy atom. The number of hydrogen-bond acceptors (Lipinski definition) is 3. The number of carbonyl (C=O) groups is 1. The second kappa shape index (κ2) is 5.89. The van der Waals surface area contributed by atoms with Crippen LogP contribution >= 0.6 is 27.3 Å². The molecule has 1 atom stereocenters. The Kier molecular flexibility index (Phi) is 4.13. The molecule has 1 aromatic heterocycles. The Hall–Kier alpha value is -1.20. The van der Waals surface area contributed by atoms with E-state index in [0.29, 0.717) is 0 Å². The van der Waals surface area contributed by atoms with Gasteiger partial charge >= 0.3 is 0 Å². The number of amides is 1. The first-order valence-corrected chi connectivity index (χ1v) is 8.66. The van der Waals surface area contributed by atoms with Crippen molar-refractivity contribution in [1.82, 2.24) is 4.98 Å². The third-order valence-electron chi connectivity index (χ3n) is 3.80. The Labute approximate surface area is 136 Å². The number of anilines is 1. The lowest BCUT2D eigenvalue weighted by atomic mass is 9.90. The van der Waals surface area contributed by atoms with Crippen LogP contribution in [-0.4, -0.2) is 10.9 Å². The van der Waals surface area contributed by atoms with E-state index in [1.807, 2.05) is 32.0 Å². The minimum atomic E-state index is 0.0468. The van der Waals surface area contributed by atoms with Gasteiger partial charge in [0, 0.05) is 15.3 Å². The van der Waals surface area contributed by atoms with Crippen LogP contribution in [0.15, 0.2) is 22.7 Å². The molecule has 0 fully saturated rings. The molecular formula is C16H17BrN2OS. The summed E-state index contributed by atoms with van der Waals surface area (Å²) in [5, 5.41) is 4.14. The Bertz CT molecular complexity index is 696. The van der Waals surface area contributed by atoms with Crippen LogP contribution in [0.3, 0.4) is 0 Å². The Morgan fingerprint density at radius 2 is 2.24 bits per heavy atom. The molecule has 1 N–H and O–H groups in total. The van der Waals surface area contributed by atoms with Crippen molar-refractivity contribution < 1.29 is 4.79 Å². The van der Waals surface area contributed by atoms with Crippen molar-refractivity contribution in [2.45, 2.75) is 33.1 Å². The molecule has 110 valence electrons. The quantitative estimate of drug-likeness (QED) is 0.864. The maximum atomic E-state index is 12.5. The van der Waals surface area contributed by atoms with E-state index in [4.69, 9.17) is 0 Å². The molecule has 1 aliphatic rings. The summed E-state index contributed by atoms with van der Waals surface area (Å²) in [5.41, 5.74) is 3.21. The van der Waals surface area contributed by atoms with E-state index in [2.05, 4.69) is 26.2 Å². The summed E-state index contributed by atoms with van der Waals surface area (Å²) in [6.45, 7) is 4.06. The molecule has 21 heavy (non-hydrogen) atoms. The highest BCUT2D eigenvalue weighted by molar-refractivity contribution is 9.10. The summed E-state index contributed by atoms with van der Waals surface area (Å²) < 4.78 is 0.931. The predicted molar refractivity (Wildman–Crippen MR) is 89.9 cm³/mol. The lowest BCUT2D eigenvalue weighted by Gasteiger charge is -2.21. The van der Waals surface area contributed by atoms with Gasteiger partial charge in [0.05, 0.1) is 16.4 Å². The molecule has 0 aliphatic heterocycles. The number of thiazole rings is 1. The van der Waals surface area contributed by atoms with Gasteiger partial charge in [0.2, 0.25) is 5.91 Å². The number of aryl methyl sites for hydroxylation is 3. The van der Waals surface area contributed by atoms with Crippen LogP contribution < -0.4 is 5.32 Å². The highest BCUT2D eigenvalue weighted by Gasteiger charge is 2.27.